The van der Waals surface area contributed by atoms with Crippen molar-refractivity contribution in [2.45, 2.75) is 19.3 Å². The quantitative estimate of drug-likeness (QED) is 0.801. The highest BCUT2D eigenvalue weighted by Gasteiger charge is 2.22. The Bertz CT molecular complexity index is 381. The zero-order chi connectivity index (χ0) is 12.1. The number of ether oxygens (including phenoxy) is 2. The molecule has 1 aliphatic heterocycles. The van der Waals surface area contributed by atoms with Crippen molar-refractivity contribution < 1.29 is 14.3 Å². The molecule has 1 aromatic rings. The molecular weight excluding hydrogens is 216 g/mol. The summed E-state index contributed by atoms with van der Waals surface area (Å²) >= 11 is 0. The molecule has 1 heterocycles. The number of carbonyl (C=O) groups is 1. The molecule has 0 radical (unpaired) electrons. The Morgan fingerprint density at radius 2 is 2.06 bits per heavy atom. The first kappa shape index (κ1) is 12.1. The van der Waals surface area contributed by atoms with Crippen LogP contribution >= 0.6 is 0 Å². The van der Waals surface area contributed by atoms with Gasteiger partial charge in [0.2, 0.25) is 0 Å². The fourth-order valence-electron chi connectivity index (χ4n) is 2.20. The van der Waals surface area contributed by atoms with Crippen molar-refractivity contribution in [3.63, 3.8) is 0 Å². The third kappa shape index (κ3) is 3.07. The fourth-order valence-corrected chi connectivity index (χ4v) is 2.20. The van der Waals surface area contributed by atoms with Crippen LogP contribution in [0.25, 0.3) is 0 Å². The van der Waals surface area contributed by atoms with E-state index in [-0.39, 0.29) is 5.92 Å². The van der Waals surface area contributed by atoms with Gasteiger partial charge in [-0.3, -0.25) is 4.79 Å². The molecule has 1 aliphatic rings. The average Bonchev–Trinajstić information content (AvgIpc) is 2.40. The van der Waals surface area contributed by atoms with Crippen molar-refractivity contribution in [1.82, 2.24) is 0 Å². The molecule has 0 saturated carbocycles. The molecule has 0 spiro atoms. The van der Waals surface area contributed by atoms with Gasteiger partial charge in [-0.05, 0) is 18.9 Å². The summed E-state index contributed by atoms with van der Waals surface area (Å²) in [5.41, 5.74) is 0.978. The van der Waals surface area contributed by atoms with E-state index in [9.17, 15) is 4.79 Å². The van der Waals surface area contributed by atoms with E-state index in [0.29, 0.717) is 25.4 Å². The molecule has 0 atom stereocenters. The summed E-state index contributed by atoms with van der Waals surface area (Å²) in [4.78, 5) is 12.1. The Morgan fingerprint density at radius 1 is 1.35 bits per heavy atom. The summed E-state index contributed by atoms with van der Waals surface area (Å²) in [6, 6.07) is 7.71. The van der Waals surface area contributed by atoms with E-state index in [2.05, 4.69) is 0 Å². The number of para-hydroxylation sites is 1. The van der Waals surface area contributed by atoms with Gasteiger partial charge in [-0.2, -0.15) is 0 Å². The van der Waals surface area contributed by atoms with E-state index in [1.807, 2.05) is 24.3 Å². The van der Waals surface area contributed by atoms with Crippen molar-refractivity contribution in [1.29, 1.82) is 0 Å². The van der Waals surface area contributed by atoms with Crippen molar-refractivity contribution in [3.8, 4) is 5.75 Å². The predicted molar refractivity (Wildman–Crippen MR) is 65.2 cm³/mol. The summed E-state index contributed by atoms with van der Waals surface area (Å²) in [5, 5.41) is 0. The van der Waals surface area contributed by atoms with Crippen LogP contribution in [0.3, 0.4) is 0 Å². The lowest BCUT2D eigenvalue weighted by atomic mass is 9.91. The monoisotopic (exact) mass is 234 g/mol. The molecule has 3 heteroatoms. The summed E-state index contributed by atoms with van der Waals surface area (Å²) < 4.78 is 10.5. The van der Waals surface area contributed by atoms with Gasteiger partial charge in [0, 0.05) is 31.1 Å². The van der Waals surface area contributed by atoms with Crippen LogP contribution in [-0.4, -0.2) is 26.1 Å². The minimum atomic E-state index is 0.161. The number of ketones is 1. The lowest BCUT2D eigenvalue weighted by molar-refractivity contribution is -0.125. The van der Waals surface area contributed by atoms with Gasteiger partial charge in [-0.25, -0.2) is 0 Å². The molecule has 0 unspecified atom stereocenters. The Hall–Kier alpha value is -1.35. The highest BCUT2D eigenvalue weighted by atomic mass is 16.5. The molecule has 0 amide bonds. The normalized spacial score (nSPS) is 16.8. The fraction of sp³-hybridized carbons (Fsp3) is 0.500. The summed E-state index contributed by atoms with van der Waals surface area (Å²) in [6.07, 6.45) is 2.18. The second-order valence-corrected chi connectivity index (χ2v) is 4.34. The molecule has 1 saturated heterocycles. The molecule has 92 valence electrons. The lowest BCUT2D eigenvalue weighted by Gasteiger charge is -2.21. The molecule has 3 nitrogen and oxygen atoms in total. The second kappa shape index (κ2) is 5.82. The number of carbonyl (C=O) groups excluding carboxylic acids is 1. The van der Waals surface area contributed by atoms with Crippen molar-refractivity contribution in [2.24, 2.45) is 5.92 Å². The van der Waals surface area contributed by atoms with E-state index >= 15 is 0 Å². The van der Waals surface area contributed by atoms with Crippen LogP contribution in [-0.2, 0) is 16.0 Å². The maximum Gasteiger partial charge on any atom is 0.140 e. The second-order valence-electron chi connectivity index (χ2n) is 4.34. The Labute approximate surface area is 102 Å². The van der Waals surface area contributed by atoms with Crippen molar-refractivity contribution >= 4 is 5.78 Å². The number of rotatable bonds is 4. The zero-order valence-electron chi connectivity index (χ0n) is 10.1. The summed E-state index contributed by atoms with van der Waals surface area (Å²) in [5.74, 6) is 1.26. The molecule has 17 heavy (non-hydrogen) atoms. The van der Waals surface area contributed by atoms with Gasteiger partial charge < -0.3 is 9.47 Å². The third-order valence-electron chi connectivity index (χ3n) is 3.23. The lowest BCUT2D eigenvalue weighted by Crippen LogP contribution is -2.24. The first-order chi connectivity index (χ1) is 8.31. The molecule has 2 rings (SSSR count). The minimum Gasteiger partial charge on any atom is -0.496 e. The SMILES string of the molecule is COc1ccccc1CC(=O)C1CCOCC1. The third-order valence-corrected chi connectivity index (χ3v) is 3.23. The molecule has 1 aromatic carbocycles. The number of benzene rings is 1. The van der Waals surface area contributed by atoms with E-state index in [1.165, 1.54) is 0 Å². The van der Waals surface area contributed by atoms with Gasteiger partial charge in [-0.15, -0.1) is 0 Å². The number of hydrogen-bond acceptors (Lipinski definition) is 3. The van der Waals surface area contributed by atoms with Crippen LogP contribution in [0.2, 0.25) is 0 Å². The smallest absolute Gasteiger partial charge is 0.140 e. The van der Waals surface area contributed by atoms with Gasteiger partial charge in [0.25, 0.3) is 0 Å². The number of methoxy groups -OCH3 is 1. The molecule has 0 aliphatic carbocycles. The molecular formula is C14H18O3. The highest BCUT2D eigenvalue weighted by molar-refractivity contribution is 5.83. The van der Waals surface area contributed by atoms with Crippen LogP contribution in [0.5, 0.6) is 5.75 Å². The van der Waals surface area contributed by atoms with Gasteiger partial charge in [0.1, 0.15) is 11.5 Å². The van der Waals surface area contributed by atoms with E-state index < -0.39 is 0 Å². The van der Waals surface area contributed by atoms with Crippen molar-refractivity contribution in [3.05, 3.63) is 29.8 Å². The standard InChI is InChI=1S/C14H18O3/c1-16-14-5-3-2-4-12(14)10-13(15)11-6-8-17-9-7-11/h2-5,11H,6-10H2,1H3. The van der Waals surface area contributed by atoms with Crippen LogP contribution in [0.4, 0.5) is 0 Å². The van der Waals surface area contributed by atoms with Crippen LogP contribution in [0, 0.1) is 5.92 Å². The molecule has 1 fully saturated rings. The van der Waals surface area contributed by atoms with Gasteiger partial charge in [0.15, 0.2) is 0 Å². The van der Waals surface area contributed by atoms with Crippen molar-refractivity contribution in [2.75, 3.05) is 20.3 Å². The first-order valence-electron chi connectivity index (χ1n) is 6.03. The highest BCUT2D eigenvalue weighted by Crippen LogP contribution is 2.22. The summed E-state index contributed by atoms with van der Waals surface area (Å²) in [6.45, 7) is 1.42. The van der Waals surface area contributed by atoms with E-state index in [4.69, 9.17) is 9.47 Å². The first-order valence-corrected chi connectivity index (χ1v) is 6.03. The molecule has 0 bridgehead atoms. The van der Waals surface area contributed by atoms with E-state index in [0.717, 1.165) is 24.2 Å². The molecule has 0 N–H and O–H groups in total. The van der Waals surface area contributed by atoms with Gasteiger partial charge >= 0.3 is 0 Å². The topological polar surface area (TPSA) is 35.5 Å². The zero-order valence-corrected chi connectivity index (χ0v) is 10.1. The van der Waals surface area contributed by atoms with Gasteiger partial charge in [-0.1, -0.05) is 18.2 Å². The number of Topliss-reactive ketones (excluding diaryl/α,β-unsaturated/α-hetero) is 1. The maximum atomic E-state index is 12.1. The Kier molecular flexibility index (Phi) is 4.15. The minimum absolute atomic E-state index is 0.161. The van der Waals surface area contributed by atoms with Crippen LogP contribution in [0.1, 0.15) is 18.4 Å². The van der Waals surface area contributed by atoms with E-state index in [1.54, 1.807) is 7.11 Å². The van der Waals surface area contributed by atoms with Gasteiger partial charge in [0.05, 0.1) is 7.11 Å². The maximum absolute atomic E-state index is 12.1. The number of hydrogen-bond donors (Lipinski definition) is 0. The molecule has 0 aromatic heterocycles. The Balaban J connectivity index is 2.01. The largest absolute Gasteiger partial charge is 0.496 e. The van der Waals surface area contributed by atoms with Crippen LogP contribution in [0.15, 0.2) is 24.3 Å². The Morgan fingerprint density at radius 3 is 2.76 bits per heavy atom. The average molecular weight is 234 g/mol. The van der Waals surface area contributed by atoms with Crippen LogP contribution < -0.4 is 4.74 Å². The summed E-state index contributed by atoms with van der Waals surface area (Å²) in [7, 11) is 1.64. The predicted octanol–water partition coefficient (Wildman–Crippen LogP) is 2.23.